The average Bonchev–Trinajstić information content (AvgIpc) is 2.34. The molecule has 0 fully saturated rings. The molecule has 0 atom stereocenters. The minimum Gasteiger partial charge on any atom is -0.309 e. The van der Waals surface area contributed by atoms with E-state index in [9.17, 15) is 0 Å². The van der Waals surface area contributed by atoms with Crippen LogP contribution in [0.25, 0.3) is 0 Å². The Morgan fingerprint density at radius 1 is 1.67 bits per heavy atom. The van der Waals surface area contributed by atoms with Gasteiger partial charge in [-0.05, 0) is 6.08 Å². The van der Waals surface area contributed by atoms with Gasteiger partial charge in [0.05, 0.1) is 6.20 Å². The van der Waals surface area contributed by atoms with Crippen molar-refractivity contribution < 1.29 is 5.32 Å². The number of quaternary nitrogens is 1. The van der Waals surface area contributed by atoms with Crippen molar-refractivity contribution in [2.75, 3.05) is 0 Å². The molecule has 1 aliphatic rings. The van der Waals surface area contributed by atoms with Gasteiger partial charge in [-0.2, -0.15) is 4.99 Å². The van der Waals surface area contributed by atoms with Crippen molar-refractivity contribution in [1.82, 2.24) is 0 Å². The maximum Gasteiger partial charge on any atom is 0.229 e. The van der Waals surface area contributed by atoms with Crippen molar-refractivity contribution in [1.29, 1.82) is 5.41 Å². The molecule has 0 radical (unpaired) electrons. The molecule has 3 heteroatoms. The first kappa shape index (κ1) is 5.91. The third-order valence-electron chi connectivity index (χ3n) is 0.940. The minimum atomic E-state index is 0.901. The van der Waals surface area contributed by atoms with Crippen LogP contribution in [-0.4, -0.2) is 12.1 Å². The van der Waals surface area contributed by atoms with Gasteiger partial charge in [0.1, 0.15) is 6.20 Å². The molecule has 0 amide bonds. The number of nitrogens with zero attached hydrogens (tertiary/aromatic N) is 1. The summed E-state index contributed by atoms with van der Waals surface area (Å²) in [5, 5.41) is 8.55. The van der Waals surface area contributed by atoms with Gasteiger partial charge in [0.25, 0.3) is 0 Å². The van der Waals surface area contributed by atoms with E-state index in [4.69, 9.17) is 5.41 Å². The van der Waals surface area contributed by atoms with Crippen LogP contribution in [0.3, 0.4) is 0 Å². The summed E-state index contributed by atoms with van der Waals surface area (Å²) in [6.07, 6.45) is 8.25. The van der Waals surface area contributed by atoms with E-state index in [0.717, 1.165) is 5.84 Å². The lowest BCUT2D eigenvalue weighted by molar-refractivity contribution is -0.455. The Kier molecular flexibility index (Phi) is 1.93. The summed E-state index contributed by atoms with van der Waals surface area (Å²) < 4.78 is 0. The molecule has 0 spiro atoms. The average molecular weight is 122 g/mol. The summed E-state index contributed by atoms with van der Waals surface area (Å²) in [5.41, 5.74) is 0. The van der Waals surface area contributed by atoms with Crippen LogP contribution in [0, 0.1) is 5.41 Å². The van der Waals surface area contributed by atoms with Crippen LogP contribution in [0.2, 0.25) is 0 Å². The van der Waals surface area contributed by atoms with Crippen LogP contribution < -0.4 is 5.32 Å². The molecule has 0 saturated carbocycles. The second-order valence-electron chi connectivity index (χ2n) is 1.59. The molecule has 1 heterocycles. The van der Waals surface area contributed by atoms with Crippen molar-refractivity contribution >= 4 is 12.1 Å². The van der Waals surface area contributed by atoms with Crippen LogP contribution in [0.5, 0.6) is 0 Å². The van der Waals surface area contributed by atoms with Crippen molar-refractivity contribution in [3.05, 3.63) is 24.6 Å². The number of nitrogens with two attached hydrogens (primary N) is 1. The smallest absolute Gasteiger partial charge is 0.229 e. The first-order chi connectivity index (χ1) is 4.43. The highest BCUT2D eigenvalue weighted by Crippen LogP contribution is 1.78. The molecule has 0 aliphatic carbocycles. The topological polar surface area (TPSA) is 52.8 Å². The fourth-order valence-electron chi connectivity index (χ4n) is 0.559. The molecule has 0 aromatic heterocycles. The largest absolute Gasteiger partial charge is 0.309 e. The van der Waals surface area contributed by atoms with Gasteiger partial charge in [-0.25, -0.2) is 0 Å². The zero-order chi connectivity index (χ0) is 6.53. The second-order valence-corrected chi connectivity index (χ2v) is 1.59. The van der Waals surface area contributed by atoms with Crippen LogP contribution in [0.4, 0.5) is 0 Å². The standard InChI is InChI=1S/C6H7N3/c7-3-1-2-6-8-4-5-9-6/h1-5,7H,(H,8,9)/p+1. The van der Waals surface area contributed by atoms with Crippen LogP contribution in [0.15, 0.2) is 29.5 Å². The first-order valence-corrected chi connectivity index (χ1v) is 2.68. The predicted molar refractivity (Wildman–Crippen MR) is 36.4 cm³/mol. The monoisotopic (exact) mass is 122 g/mol. The van der Waals surface area contributed by atoms with Gasteiger partial charge in [0, 0.05) is 12.3 Å². The summed E-state index contributed by atoms with van der Waals surface area (Å²) in [6.45, 7) is 0. The normalized spacial score (nSPS) is 16.7. The lowest BCUT2D eigenvalue weighted by Crippen LogP contribution is -2.80. The molecular formula is C6H8N3+. The Morgan fingerprint density at radius 3 is 3.11 bits per heavy atom. The highest BCUT2D eigenvalue weighted by atomic mass is 15.0. The van der Waals surface area contributed by atoms with Gasteiger partial charge < -0.3 is 5.41 Å². The highest BCUT2D eigenvalue weighted by Gasteiger charge is 1.97. The Bertz CT molecular complexity index is 188. The minimum absolute atomic E-state index is 0.901. The number of hydrogen-bond donors (Lipinski definition) is 2. The third-order valence-corrected chi connectivity index (χ3v) is 0.940. The molecule has 46 valence electrons. The number of amidine groups is 1. The number of aliphatic imine (C=N–C) groups is 1. The van der Waals surface area contributed by atoms with Crippen LogP contribution in [-0.2, 0) is 0 Å². The maximum absolute atomic E-state index is 6.67. The summed E-state index contributed by atoms with van der Waals surface area (Å²) in [6, 6.07) is 0. The molecular weight excluding hydrogens is 114 g/mol. The van der Waals surface area contributed by atoms with Gasteiger partial charge in [-0.3, -0.25) is 5.32 Å². The van der Waals surface area contributed by atoms with Gasteiger partial charge in [-0.1, -0.05) is 0 Å². The van der Waals surface area contributed by atoms with E-state index in [-0.39, 0.29) is 0 Å². The number of allylic oxidation sites excluding steroid dienone is 1. The Hall–Kier alpha value is -1.22. The number of nitrogens with one attached hydrogen (secondary N) is 1. The van der Waals surface area contributed by atoms with E-state index in [1.807, 2.05) is 11.5 Å². The van der Waals surface area contributed by atoms with E-state index in [1.54, 1.807) is 18.4 Å². The highest BCUT2D eigenvalue weighted by molar-refractivity contribution is 5.90. The van der Waals surface area contributed by atoms with E-state index in [2.05, 4.69) is 4.99 Å². The first-order valence-electron chi connectivity index (χ1n) is 2.68. The van der Waals surface area contributed by atoms with Crippen LogP contribution in [0.1, 0.15) is 0 Å². The Labute approximate surface area is 53.3 Å². The van der Waals surface area contributed by atoms with Crippen molar-refractivity contribution in [2.24, 2.45) is 4.99 Å². The lowest BCUT2D eigenvalue weighted by atomic mass is 10.5. The predicted octanol–water partition coefficient (Wildman–Crippen LogP) is -0.361. The fraction of sp³-hybridized carbons (Fsp3) is 0. The van der Waals surface area contributed by atoms with Crippen molar-refractivity contribution in [2.45, 2.75) is 0 Å². The van der Waals surface area contributed by atoms with Gasteiger partial charge in [0.2, 0.25) is 5.84 Å². The fourth-order valence-corrected chi connectivity index (χ4v) is 0.559. The second kappa shape index (κ2) is 2.94. The molecule has 0 bridgehead atoms. The number of rotatable bonds is 2. The number of hydrogen-bond acceptors (Lipinski definition) is 2. The SMILES string of the molecule is N=CC=CC1=NC=C[NH2+]1. The molecule has 9 heavy (non-hydrogen) atoms. The van der Waals surface area contributed by atoms with E-state index >= 15 is 0 Å². The summed E-state index contributed by atoms with van der Waals surface area (Å²) >= 11 is 0. The quantitative estimate of drug-likeness (QED) is 0.470. The summed E-state index contributed by atoms with van der Waals surface area (Å²) in [7, 11) is 0. The molecule has 3 nitrogen and oxygen atoms in total. The lowest BCUT2D eigenvalue weighted by Gasteiger charge is -1.80. The molecule has 1 aliphatic heterocycles. The van der Waals surface area contributed by atoms with Crippen molar-refractivity contribution in [3.8, 4) is 0 Å². The third kappa shape index (κ3) is 1.62. The van der Waals surface area contributed by atoms with E-state index in [1.165, 1.54) is 6.21 Å². The van der Waals surface area contributed by atoms with E-state index < -0.39 is 0 Å². The Balaban J connectivity index is 2.47. The molecule has 0 aromatic rings. The van der Waals surface area contributed by atoms with Gasteiger partial charge >= 0.3 is 0 Å². The van der Waals surface area contributed by atoms with Crippen molar-refractivity contribution in [3.63, 3.8) is 0 Å². The van der Waals surface area contributed by atoms with Crippen LogP contribution >= 0.6 is 0 Å². The molecule has 0 unspecified atom stereocenters. The summed E-state index contributed by atoms with van der Waals surface area (Å²) in [4.78, 5) is 3.96. The summed E-state index contributed by atoms with van der Waals surface area (Å²) in [5.74, 6) is 0.901. The molecule has 3 N–H and O–H groups in total. The zero-order valence-electron chi connectivity index (χ0n) is 4.91. The zero-order valence-corrected chi connectivity index (χ0v) is 4.91. The molecule has 1 rings (SSSR count). The molecule has 0 saturated heterocycles. The maximum atomic E-state index is 6.67. The molecule has 0 aromatic carbocycles. The van der Waals surface area contributed by atoms with Gasteiger partial charge in [0.15, 0.2) is 0 Å². The Morgan fingerprint density at radius 2 is 2.56 bits per heavy atom. The van der Waals surface area contributed by atoms with Gasteiger partial charge in [-0.15, -0.1) is 0 Å². The van der Waals surface area contributed by atoms with E-state index in [0.29, 0.717) is 0 Å².